The summed E-state index contributed by atoms with van der Waals surface area (Å²) in [4.78, 5) is 39.1. The molecule has 1 heterocycles. The second-order valence-corrected chi connectivity index (χ2v) is 7.63. The Bertz CT molecular complexity index is 1250. The monoisotopic (exact) mass is 444 g/mol. The Balaban J connectivity index is 1.26. The summed E-state index contributed by atoms with van der Waals surface area (Å²) < 4.78 is 13.6. The second-order valence-electron chi connectivity index (χ2n) is 7.63. The highest BCUT2D eigenvalue weighted by molar-refractivity contribution is 6.25. The minimum absolute atomic E-state index is 0.0723. The van der Waals surface area contributed by atoms with Gasteiger partial charge in [-0.05, 0) is 36.1 Å². The van der Waals surface area contributed by atoms with Crippen molar-refractivity contribution in [1.82, 2.24) is 10.2 Å². The summed E-state index contributed by atoms with van der Waals surface area (Å²) in [6.45, 7) is 0.730. The third kappa shape index (κ3) is 4.39. The Morgan fingerprint density at radius 3 is 2.30 bits per heavy atom. The van der Waals surface area contributed by atoms with Gasteiger partial charge in [-0.25, -0.2) is 4.39 Å². The van der Waals surface area contributed by atoms with E-state index in [9.17, 15) is 18.8 Å². The van der Waals surface area contributed by atoms with Crippen LogP contribution in [0, 0.1) is 17.1 Å². The van der Waals surface area contributed by atoms with Gasteiger partial charge in [-0.3, -0.25) is 19.3 Å². The number of carbonyl (C=O) groups excluding carboxylic acids is 3. The second kappa shape index (κ2) is 9.49. The van der Waals surface area contributed by atoms with Crippen LogP contribution in [0.5, 0.6) is 0 Å². The molecule has 0 fully saturated rings. The van der Waals surface area contributed by atoms with E-state index < -0.39 is 5.82 Å². The minimum atomic E-state index is -0.604. The number of carbonyl (C=O) groups is 3. The van der Waals surface area contributed by atoms with Gasteiger partial charge in [0, 0.05) is 42.6 Å². The van der Waals surface area contributed by atoms with Crippen molar-refractivity contribution in [3.05, 3.63) is 77.1 Å². The van der Waals surface area contributed by atoms with Crippen LogP contribution in [0.3, 0.4) is 0 Å². The number of anilines is 1. The van der Waals surface area contributed by atoms with Crippen LogP contribution in [0.15, 0.2) is 54.6 Å². The van der Waals surface area contributed by atoms with Crippen molar-refractivity contribution in [2.45, 2.75) is 12.8 Å². The molecule has 3 aromatic carbocycles. The van der Waals surface area contributed by atoms with Crippen molar-refractivity contribution >= 4 is 34.2 Å². The Labute approximate surface area is 189 Å². The first-order chi connectivity index (χ1) is 16.0. The van der Waals surface area contributed by atoms with Crippen molar-refractivity contribution in [2.24, 2.45) is 0 Å². The summed E-state index contributed by atoms with van der Waals surface area (Å²) in [6, 6.07) is 16.8. The van der Waals surface area contributed by atoms with Gasteiger partial charge in [0.25, 0.3) is 11.8 Å². The van der Waals surface area contributed by atoms with E-state index in [2.05, 4.69) is 10.6 Å². The molecule has 0 aliphatic carbocycles. The van der Waals surface area contributed by atoms with Gasteiger partial charge in [0.2, 0.25) is 5.91 Å². The van der Waals surface area contributed by atoms with E-state index in [1.165, 1.54) is 17.0 Å². The van der Waals surface area contributed by atoms with E-state index in [0.717, 1.165) is 5.39 Å². The topological polar surface area (TPSA) is 102 Å². The lowest BCUT2D eigenvalue weighted by Crippen LogP contribution is -2.41. The Morgan fingerprint density at radius 2 is 1.64 bits per heavy atom. The average molecular weight is 444 g/mol. The van der Waals surface area contributed by atoms with Gasteiger partial charge in [-0.1, -0.05) is 30.3 Å². The molecule has 2 N–H and O–H groups in total. The number of nitrogens with one attached hydrogen (secondary N) is 2. The van der Waals surface area contributed by atoms with Gasteiger partial charge in [0.1, 0.15) is 17.4 Å². The average Bonchev–Trinajstić information content (AvgIpc) is 2.82. The van der Waals surface area contributed by atoms with E-state index in [-0.39, 0.29) is 42.8 Å². The standard InChI is InChI=1S/C25H21FN4O3/c26-20-9-3-10-21(19(20)15-27)28-12-13-29-22(31)11-4-14-30-24(32)17-7-1-5-16-6-2-8-18(23(16)17)25(30)33/h1-3,5-10,28H,4,11-14H2,(H,29,31). The van der Waals surface area contributed by atoms with Crippen molar-refractivity contribution < 1.29 is 18.8 Å². The summed E-state index contributed by atoms with van der Waals surface area (Å²) in [6.07, 6.45) is 0.476. The number of rotatable bonds is 8. The first kappa shape index (κ1) is 22.0. The number of imide groups is 1. The smallest absolute Gasteiger partial charge is 0.261 e. The van der Waals surface area contributed by atoms with Crippen molar-refractivity contribution in [1.29, 1.82) is 5.26 Å². The van der Waals surface area contributed by atoms with Crippen LogP contribution in [0.4, 0.5) is 10.1 Å². The molecule has 3 amide bonds. The molecule has 0 spiro atoms. The summed E-state index contributed by atoms with van der Waals surface area (Å²) in [5.41, 5.74) is 1.28. The highest BCUT2D eigenvalue weighted by atomic mass is 19.1. The van der Waals surface area contributed by atoms with E-state index in [1.807, 2.05) is 18.2 Å². The van der Waals surface area contributed by atoms with Crippen LogP contribution >= 0.6 is 0 Å². The molecule has 0 saturated carbocycles. The van der Waals surface area contributed by atoms with Gasteiger partial charge in [0.05, 0.1) is 5.69 Å². The molecular weight excluding hydrogens is 423 g/mol. The maximum Gasteiger partial charge on any atom is 0.261 e. The number of benzene rings is 3. The van der Waals surface area contributed by atoms with Crippen molar-refractivity contribution in [3.8, 4) is 6.07 Å². The molecule has 0 bridgehead atoms. The maximum absolute atomic E-state index is 13.6. The molecule has 7 nitrogen and oxygen atoms in total. The number of hydrogen-bond acceptors (Lipinski definition) is 5. The van der Waals surface area contributed by atoms with Gasteiger partial charge >= 0.3 is 0 Å². The van der Waals surface area contributed by atoms with E-state index in [0.29, 0.717) is 35.2 Å². The minimum Gasteiger partial charge on any atom is -0.382 e. The molecule has 0 saturated heterocycles. The van der Waals surface area contributed by atoms with Crippen LogP contribution in [0.25, 0.3) is 10.8 Å². The van der Waals surface area contributed by atoms with Crippen LogP contribution in [-0.2, 0) is 4.79 Å². The quantitative estimate of drug-likeness (QED) is 0.409. The summed E-state index contributed by atoms with van der Waals surface area (Å²) in [7, 11) is 0. The fourth-order valence-corrected chi connectivity index (χ4v) is 3.95. The summed E-state index contributed by atoms with van der Waals surface area (Å²) >= 11 is 0. The van der Waals surface area contributed by atoms with Crippen LogP contribution < -0.4 is 10.6 Å². The molecule has 8 heteroatoms. The lowest BCUT2D eigenvalue weighted by atomic mass is 9.94. The van der Waals surface area contributed by atoms with Crippen molar-refractivity contribution in [2.75, 3.05) is 25.0 Å². The maximum atomic E-state index is 13.6. The molecule has 1 aliphatic heterocycles. The third-order valence-corrected chi connectivity index (χ3v) is 5.53. The van der Waals surface area contributed by atoms with Crippen LogP contribution in [0.2, 0.25) is 0 Å². The zero-order valence-corrected chi connectivity index (χ0v) is 17.7. The van der Waals surface area contributed by atoms with E-state index >= 15 is 0 Å². The number of nitrogens with zero attached hydrogens (tertiary/aromatic N) is 2. The first-order valence-corrected chi connectivity index (χ1v) is 10.6. The summed E-state index contributed by atoms with van der Waals surface area (Å²) in [5.74, 6) is -1.53. The Morgan fingerprint density at radius 1 is 0.970 bits per heavy atom. The fraction of sp³-hybridized carbons (Fsp3) is 0.200. The molecule has 3 aromatic rings. The molecule has 0 radical (unpaired) electrons. The fourth-order valence-electron chi connectivity index (χ4n) is 3.95. The molecule has 166 valence electrons. The van der Waals surface area contributed by atoms with Gasteiger partial charge in [-0.15, -0.1) is 0 Å². The van der Waals surface area contributed by atoms with Crippen LogP contribution in [-0.4, -0.2) is 42.3 Å². The number of nitriles is 1. The predicted octanol–water partition coefficient (Wildman–Crippen LogP) is 3.46. The number of halogens is 1. The van der Waals surface area contributed by atoms with E-state index in [4.69, 9.17) is 5.26 Å². The normalized spacial score (nSPS) is 12.5. The molecule has 4 rings (SSSR count). The molecule has 0 unspecified atom stereocenters. The van der Waals surface area contributed by atoms with Gasteiger partial charge < -0.3 is 10.6 Å². The predicted molar refractivity (Wildman–Crippen MR) is 121 cm³/mol. The molecular formula is C25H21FN4O3. The lowest BCUT2D eigenvalue weighted by Gasteiger charge is -2.27. The highest BCUT2D eigenvalue weighted by Gasteiger charge is 2.32. The molecule has 0 atom stereocenters. The molecule has 0 aromatic heterocycles. The summed E-state index contributed by atoms with van der Waals surface area (Å²) in [5, 5.41) is 16.2. The lowest BCUT2D eigenvalue weighted by molar-refractivity contribution is -0.121. The SMILES string of the molecule is N#Cc1c(F)cccc1NCCNC(=O)CCCN1C(=O)c2cccc3cccc(c23)C1=O. The van der Waals surface area contributed by atoms with Gasteiger partial charge in [0.15, 0.2) is 0 Å². The van der Waals surface area contributed by atoms with E-state index in [1.54, 1.807) is 30.3 Å². The number of hydrogen-bond donors (Lipinski definition) is 2. The number of amides is 3. The Kier molecular flexibility index (Phi) is 6.31. The van der Waals surface area contributed by atoms with Crippen molar-refractivity contribution in [3.63, 3.8) is 0 Å². The largest absolute Gasteiger partial charge is 0.382 e. The van der Waals surface area contributed by atoms with Crippen LogP contribution in [0.1, 0.15) is 39.1 Å². The zero-order chi connectivity index (χ0) is 23.4. The highest BCUT2D eigenvalue weighted by Crippen LogP contribution is 2.30. The first-order valence-electron chi connectivity index (χ1n) is 10.6. The third-order valence-electron chi connectivity index (χ3n) is 5.53. The zero-order valence-electron chi connectivity index (χ0n) is 17.7. The Hall–Kier alpha value is -4.25. The molecule has 33 heavy (non-hydrogen) atoms. The van der Waals surface area contributed by atoms with Gasteiger partial charge in [-0.2, -0.15) is 5.26 Å². The molecule has 1 aliphatic rings.